The molecule has 22 heavy (non-hydrogen) atoms. The van der Waals surface area contributed by atoms with Gasteiger partial charge in [-0.1, -0.05) is 15.9 Å². The molecule has 118 valence electrons. The van der Waals surface area contributed by atoms with Crippen LogP contribution >= 0.6 is 28.1 Å². The minimum absolute atomic E-state index is 0.601. The van der Waals surface area contributed by atoms with Crippen molar-refractivity contribution in [2.75, 3.05) is 5.32 Å². The first-order valence-corrected chi connectivity index (χ1v) is 9.62. The zero-order valence-electron chi connectivity index (χ0n) is 12.9. The van der Waals surface area contributed by atoms with E-state index in [-0.39, 0.29) is 0 Å². The van der Waals surface area contributed by atoms with Crippen LogP contribution in [-0.2, 0) is 0 Å². The van der Waals surface area contributed by atoms with Crippen molar-refractivity contribution in [2.45, 2.75) is 45.1 Å². The molecule has 4 heteroatoms. The molecule has 1 aromatic carbocycles. The lowest BCUT2D eigenvalue weighted by Gasteiger charge is -2.54. The Kier molecular flexibility index (Phi) is 3.93. The molecule has 0 unspecified atom stereocenters. The Bertz CT molecular complexity index is 573. The maximum atomic E-state index is 5.58. The molecule has 2 nitrogen and oxygen atoms in total. The smallest absolute Gasteiger partial charge is 0.171 e. The first-order valence-electron chi connectivity index (χ1n) is 8.42. The molecular formula is C18H23BrN2S. The summed E-state index contributed by atoms with van der Waals surface area (Å²) in [5, 5.41) is 7.81. The van der Waals surface area contributed by atoms with E-state index in [1.165, 1.54) is 37.7 Å². The summed E-state index contributed by atoms with van der Waals surface area (Å²) in [5.74, 6) is 3.72. The number of halogens is 1. The van der Waals surface area contributed by atoms with Gasteiger partial charge in [-0.3, -0.25) is 0 Å². The molecule has 5 rings (SSSR count). The Morgan fingerprint density at radius 1 is 1.09 bits per heavy atom. The van der Waals surface area contributed by atoms with Crippen molar-refractivity contribution in [3.63, 3.8) is 0 Å². The molecule has 0 aliphatic heterocycles. The zero-order chi connectivity index (χ0) is 15.3. The lowest BCUT2D eigenvalue weighted by molar-refractivity contribution is -0.00665. The number of hydrogen-bond donors (Lipinski definition) is 2. The van der Waals surface area contributed by atoms with Gasteiger partial charge in [0, 0.05) is 16.2 Å². The average molecular weight is 379 g/mol. The van der Waals surface area contributed by atoms with Crippen molar-refractivity contribution in [3.8, 4) is 0 Å². The molecular weight excluding hydrogens is 356 g/mol. The van der Waals surface area contributed by atoms with Crippen LogP contribution in [-0.4, -0.2) is 11.2 Å². The zero-order valence-corrected chi connectivity index (χ0v) is 15.3. The summed E-state index contributed by atoms with van der Waals surface area (Å²) in [6, 6.07) is 6.88. The first-order chi connectivity index (χ1) is 10.6. The van der Waals surface area contributed by atoms with Crippen LogP contribution in [0.15, 0.2) is 22.7 Å². The Morgan fingerprint density at radius 3 is 2.32 bits per heavy atom. The van der Waals surface area contributed by atoms with Crippen LogP contribution in [0.5, 0.6) is 0 Å². The summed E-state index contributed by atoms with van der Waals surface area (Å²) in [7, 11) is 0. The number of benzene rings is 1. The molecule has 4 bridgehead atoms. The molecule has 1 aromatic rings. The molecule has 0 radical (unpaired) electrons. The van der Waals surface area contributed by atoms with Gasteiger partial charge in [-0.05, 0) is 98.7 Å². The fourth-order valence-electron chi connectivity index (χ4n) is 5.20. The fourth-order valence-corrected chi connectivity index (χ4v) is 5.70. The summed E-state index contributed by atoms with van der Waals surface area (Å²) in [6.45, 7) is 2.10. The summed E-state index contributed by atoms with van der Waals surface area (Å²) in [5.41, 5.74) is 2.30. The maximum absolute atomic E-state index is 5.58. The summed E-state index contributed by atoms with van der Waals surface area (Å²) < 4.78 is 1.14. The van der Waals surface area contributed by atoms with Gasteiger partial charge in [0.05, 0.1) is 0 Å². The third-order valence-corrected chi connectivity index (χ3v) is 7.05. The highest BCUT2D eigenvalue weighted by Crippen LogP contribution is 2.53. The van der Waals surface area contributed by atoms with E-state index >= 15 is 0 Å². The second-order valence-corrected chi connectivity index (χ2v) is 8.78. The predicted molar refractivity (Wildman–Crippen MR) is 99.1 cm³/mol. The van der Waals surface area contributed by atoms with E-state index in [4.69, 9.17) is 12.2 Å². The van der Waals surface area contributed by atoms with Gasteiger partial charge in [0.1, 0.15) is 0 Å². The summed E-state index contributed by atoms with van der Waals surface area (Å²) in [4.78, 5) is 0. The SMILES string of the molecule is Cc1cc(NC(=S)NC2C3CC4CC(C3)CC2C4)ccc1Br. The van der Waals surface area contributed by atoms with Crippen molar-refractivity contribution in [3.05, 3.63) is 28.2 Å². The van der Waals surface area contributed by atoms with Gasteiger partial charge < -0.3 is 10.6 Å². The van der Waals surface area contributed by atoms with Gasteiger partial charge in [0.25, 0.3) is 0 Å². The van der Waals surface area contributed by atoms with Crippen LogP contribution in [0.4, 0.5) is 5.69 Å². The van der Waals surface area contributed by atoms with Gasteiger partial charge in [-0.25, -0.2) is 0 Å². The second kappa shape index (κ2) is 5.79. The second-order valence-electron chi connectivity index (χ2n) is 7.52. The summed E-state index contributed by atoms with van der Waals surface area (Å²) in [6.07, 6.45) is 7.19. The molecule has 0 heterocycles. The van der Waals surface area contributed by atoms with Crippen LogP contribution in [0.2, 0.25) is 0 Å². The Morgan fingerprint density at radius 2 is 1.73 bits per heavy atom. The van der Waals surface area contributed by atoms with Gasteiger partial charge in [-0.2, -0.15) is 0 Å². The number of thiocarbonyl (C=S) groups is 1. The van der Waals surface area contributed by atoms with E-state index in [0.29, 0.717) is 6.04 Å². The number of aryl methyl sites for hydroxylation is 1. The van der Waals surface area contributed by atoms with Crippen molar-refractivity contribution in [2.24, 2.45) is 23.7 Å². The van der Waals surface area contributed by atoms with Gasteiger partial charge in [0.15, 0.2) is 5.11 Å². The lowest BCUT2D eigenvalue weighted by Crippen LogP contribution is -2.56. The normalized spacial score (nSPS) is 35.5. The number of nitrogens with one attached hydrogen (secondary N) is 2. The lowest BCUT2D eigenvalue weighted by atomic mass is 9.54. The standard InChI is InChI=1S/C18H23BrN2S/c1-10-4-15(2-3-16(10)19)20-18(22)21-17-13-6-11-5-12(8-13)9-14(17)7-11/h2-4,11-14,17H,5-9H2,1H3,(H2,20,21,22). The van der Waals surface area contributed by atoms with E-state index < -0.39 is 0 Å². The quantitative estimate of drug-likeness (QED) is 0.717. The van der Waals surface area contributed by atoms with E-state index in [1.807, 2.05) is 0 Å². The van der Waals surface area contributed by atoms with Crippen LogP contribution in [0.3, 0.4) is 0 Å². The fraction of sp³-hybridized carbons (Fsp3) is 0.611. The highest BCUT2D eigenvalue weighted by atomic mass is 79.9. The van der Waals surface area contributed by atoms with Crippen LogP contribution < -0.4 is 10.6 Å². The third kappa shape index (κ3) is 2.80. The molecule has 4 saturated carbocycles. The largest absolute Gasteiger partial charge is 0.359 e. The Balaban J connectivity index is 1.41. The van der Waals surface area contributed by atoms with Crippen LogP contribution in [0.25, 0.3) is 0 Å². The van der Waals surface area contributed by atoms with Crippen molar-refractivity contribution >= 4 is 38.9 Å². The Labute approximate surface area is 146 Å². The third-order valence-electron chi connectivity index (χ3n) is 5.94. The van der Waals surface area contributed by atoms with Crippen molar-refractivity contribution < 1.29 is 0 Å². The van der Waals surface area contributed by atoms with E-state index in [1.54, 1.807) is 0 Å². The van der Waals surface area contributed by atoms with Gasteiger partial charge in [0.2, 0.25) is 0 Å². The highest BCUT2D eigenvalue weighted by molar-refractivity contribution is 9.10. The molecule has 4 aliphatic carbocycles. The van der Waals surface area contributed by atoms with Crippen molar-refractivity contribution in [1.29, 1.82) is 0 Å². The van der Waals surface area contributed by atoms with Gasteiger partial charge in [-0.15, -0.1) is 0 Å². The van der Waals surface area contributed by atoms with Crippen molar-refractivity contribution in [1.82, 2.24) is 5.32 Å². The Hall–Kier alpha value is -0.610. The molecule has 0 amide bonds. The molecule has 4 aliphatic rings. The minimum atomic E-state index is 0.601. The predicted octanol–water partition coefficient (Wildman–Crippen LogP) is 4.87. The summed E-state index contributed by atoms with van der Waals surface area (Å²) >= 11 is 9.12. The van der Waals surface area contributed by atoms with Crippen LogP contribution in [0, 0.1) is 30.6 Å². The minimum Gasteiger partial charge on any atom is -0.359 e. The number of rotatable bonds is 2. The monoisotopic (exact) mass is 378 g/mol. The van der Waals surface area contributed by atoms with Gasteiger partial charge >= 0.3 is 0 Å². The topological polar surface area (TPSA) is 24.1 Å². The molecule has 4 fully saturated rings. The molecule has 2 N–H and O–H groups in total. The first kappa shape index (κ1) is 14.9. The molecule has 0 aromatic heterocycles. The highest BCUT2D eigenvalue weighted by Gasteiger charge is 2.48. The molecule has 0 atom stereocenters. The van der Waals surface area contributed by atoms with E-state index in [9.17, 15) is 0 Å². The number of hydrogen-bond acceptors (Lipinski definition) is 1. The molecule has 0 saturated heterocycles. The maximum Gasteiger partial charge on any atom is 0.171 e. The van der Waals surface area contributed by atoms with E-state index in [0.717, 1.165) is 38.9 Å². The van der Waals surface area contributed by atoms with E-state index in [2.05, 4.69) is 51.7 Å². The average Bonchev–Trinajstić information content (AvgIpc) is 2.46. The number of anilines is 1. The molecule has 0 spiro atoms. The van der Waals surface area contributed by atoms with Crippen LogP contribution in [0.1, 0.15) is 37.7 Å².